The summed E-state index contributed by atoms with van der Waals surface area (Å²) in [5, 5.41) is 7.69. The van der Waals surface area contributed by atoms with Crippen molar-refractivity contribution in [2.45, 2.75) is 44.4 Å². The Morgan fingerprint density at radius 3 is 2.61 bits per heavy atom. The van der Waals surface area contributed by atoms with Crippen molar-refractivity contribution in [3.63, 3.8) is 0 Å². The van der Waals surface area contributed by atoms with E-state index >= 15 is 0 Å². The molecule has 1 heterocycles. The van der Waals surface area contributed by atoms with Gasteiger partial charge in [0.05, 0.1) is 0 Å². The number of rotatable bonds is 6. The lowest BCUT2D eigenvalue weighted by Crippen LogP contribution is -2.34. The predicted molar refractivity (Wildman–Crippen MR) is 68.7 cm³/mol. The number of nitrogens with one attached hydrogen (secondary N) is 1. The van der Waals surface area contributed by atoms with Crippen molar-refractivity contribution >= 4 is 27.3 Å². The zero-order chi connectivity index (χ0) is 13.8. The van der Waals surface area contributed by atoms with E-state index < -0.39 is 15.9 Å². The molecule has 1 atom stereocenters. The highest BCUT2D eigenvalue weighted by molar-refractivity contribution is 7.92. The zero-order valence-electron chi connectivity index (χ0n) is 10.6. The van der Waals surface area contributed by atoms with Crippen molar-refractivity contribution < 1.29 is 13.2 Å². The Labute approximate surface area is 111 Å². The Bertz CT molecular complexity index is 510. The quantitative estimate of drug-likeness (QED) is 0.857. The third-order valence-corrected chi connectivity index (χ3v) is 4.96. The van der Waals surface area contributed by atoms with Crippen molar-refractivity contribution in [3.8, 4) is 0 Å². The van der Waals surface area contributed by atoms with Gasteiger partial charge in [0.25, 0.3) is 14.4 Å². The molecule has 1 aromatic rings. The third-order valence-electron chi connectivity index (χ3n) is 2.41. The fourth-order valence-electron chi connectivity index (χ4n) is 1.31. The SMILES string of the molecule is CCCC[C@@H](C)C(=O)NS(=O)(=O)c1nnc(C)s1. The van der Waals surface area contributed by atoms with E-state index in [2.05, 4.69) is 10.2 Å². The fraction of sp³-hybridized carbons (Fsp3) is 0.700. The lowest BCUT2D eigenvalue weighted by atomic mass is 10.0. The molecule has 1 amide bonds. The minimum Gasteiger partial charge on any atom is -0.274 e. The van der Waals surface area contributed by atoms with Crippen LogP contribution in [0.2, 0.25) is 0 Å². The molecule has 0 saturated carbocycles. The summed E-state index contributed by atoms with van der Waals surface area (Å²) in [7, 11) is -3.86. The van der Waals surface area contributed by atoms with Crippen LogP contribution in [0.15, 0.2) is 4.34 Å². The van der Waals surface area contributed by atoms with Gasteiger partial charge in [-0.05, 0) is 13.3 Å². The lowest BCUT2D eigenvalue weighted by Gasteiger charge is -2.10. The van der Waals surface area contributed by atoms with Crippen LogP contribution in [-0.2, 0) is 14.8 Å². The second-order valence-corrected chi connectivity index (χ2v) is 7.14. The maximum Gasteiger partial charge on any atom is 0.293 e. The molecule has 18 heavy (non-hydrogen) atoms. The van der Waals surface area contributed by atoms with E-state index in [9.17, 15) is 13.2 Å². The zero-order valence-corrected chi connectivity index (χ0v) is 12.3. The topological polar surface area (TPSA) is 89.0 Å². The van der Waals surface area contributed by atoms with Gasteiger partial charge in [0.2, 0.25) is 5.91 Å². The Hall–Kier alpha value is -1.02. The van der Waals surface area contributed by atoms with Crippen LogP contribution in [0, 0.1) is 12.8 Å². The fourth-order valence-corrected chi connectivity index (χ4v) is 3.35. The molecule has 1 N–H and O–H groups in total. The summed E-state index contributed by atoms with van der Waals surface area (Å²) in [6.45, 7) is 5.39. The first kappa shape index (κ1) is 15.0. The van der Waals surface area contributed by atoms with Crippen LogP contribution in [0.25, 0.3) is 0 Å². The first-order chi connectivity index (χ1) is 8.36. The minimum atomic E-state index is -3.86. The summed E-state index contributed by atoms with van der Waals surface area (Å²) >= 11 is 0.941. The van der Waals surface area contributed by atoms with E-state index in [1.165, 1.54) is 0 Å². The van der Waals surface area contributed by atoms with Crippen LogP contribution in [0.4, 0.5) is 0 Å². The van der Waals surface area contributed by atoms with Gasteiger partial charge in [0.15, 0.2) is 0 Å². The molecule has 0 radical (unpaired) electrons. The molecular weight excluding hydrogens is 274 g/mol. The van der Waals surface area contributed by atoms with Gasteiger partial charge in [-0.3, -0.25) is 4.79 Å². The number of sulfonamides is 1. The van der Waals surface area contributed by atoms with E-state index in [1.54, 1.807) is 13.8 Å². The maximum absolute atomic E-state index is 11.8. The number of carbonyl (C=O) groups excluding carboxylic acids is 1. The van der Waals surface area contributed by atoms with Gasteiger partial charge < -0.3 is 0 Å². The summed E-state index contributed by atoms with van der Waals surface area (Å²) in [5.74, 6) is -0.815. The molecule has 0 aromatic carbocycles. The third kappa shape index (κ3) is 4.02. The average molecular weight is 291 g/mol. The highest BCUT2D eigenvalue weighted by atomic mass is 32.2. The lowest BCUT2D eigenvalue weighted by molar-refractivity contribution is -0.122. The van der Waals surface area contributed by atoms with Gasteiger partial charge in [0, 0.05) is 5.92 Å². The standard InChI is InChI=1S/C10H17N3O3S2/c1-4-5-6-7(2)9(14)13-18(15,16)10-12-11-8(3)17-10/h7H,4-6H2,1-3H3,(H,13,14)/t7-/m1/s1. The van der Waals surface area contributed by atoms with Crippen LogP contribution in [-0.4, -0.2) is 24.5 Å². The summed E-state index contributed by atoms with van der Waals surface area (Å²) < 4.78 is 25.5. The van der Waals surface area contributed by atoms with Crippen molar-refractivity contribution in [2.24, 2.45) is 5.92 Å². The Morgan fingerprint density at radius 1 is 1.44 bits per heavy atom. The first-order valence-corrected chi connectivity index (χ1v) is 8.03. The molecule has 0 saturated heterocycles. The number of nitrogens with zero attached hydrogens (tertiary/aromatic N) is 2. The number of hydrogen-bond donors (Lipinski definition) is 1. The second kappa shape index (κ2) is 6.24. The van der Waals surface area contributed by atoms with Gasteiger partial charge in [-0.15, -0.1) is 10.2 Å². The van der Waals surface area contributed by atoms with Crippen molar-refractivity contribution in [1.82, 2.24) is 14.9 Å². The van der Waals surface area contributed by atoms with Gasteiger partial charge in [-0.1, -0.05) is 38.0 Å². The molecule has 0 spiro atoms. The van der Waals surface area contributed by atoms with E-state index in [1.807, 2.05) is 11.6 Å². The van der Waals surface area contributed by atoms with Crippen LogP contribution in [0.5, 0.6) is 0 Å². The average Bonchev–Trinajstić information content (AvgIpc) is 2.72. The summed E-state index contributed by atoms with van der Waals surface area (Å²) in [6.07, 6.45) is 2.54. The Kier molecular flexibility index (Phi) is 5.21. The van der Waals surface area contributed by atoms with Crippen LogP contribution < -0.4 is 4.72 Å². The molecule has 0 unspecified atom stereocenters. The molecule has 8 heteroatoms. The van der Waals surface area contributed by atoms with E-state index in [0.717, 1.165) is 24.2 Å². The number of aryl methyl sites for hydroxylation is 1. The number of carbonyl (C=O) groups is 1. The van der Waals surface area contributed by atoms with Gasteiger partial charge in [0.1, 0.15) is 5.01 Å². The van der Waals surface area contributed by atoms with E-state index in [0.29, 0.717) is 11.4 Å². The van der Waals surface area contributed by atoms with E-state index in [-0.39, 0.29) is 10.3 Å². The van der Waals surface area contributed by atoms with Gasteiger partial charge >= 0.3 is 0 Å². The van der Waals surface area contributed by atoms with E-state index in [4.69, 9.17) is 0 Å². The van der Waals surface area contributed by atoms with Crippen LogP contribution in [0.3, 0.4) is 0 Å². The normalized spacial score (nSPS) is 13.3. The summed E-state index contributed by atoms with van der Waals surface area (Å²) in [4.78, 5) is 11.7. The summed E-state index contributed by atoms with van der Waals surface area (Å²) in [6, 6.07) is 0. The second-order valence-electron chi connectivity index (χ2n) is 4.10. The minimum absolute atomic E-state index is 0.170. The number of hydrogen-bond acceptors (Lipinski definition) is 6. The van der Waals surface area contributed by atoms with Gasteiger partial charge in [-0.2, -0.15) is 8.42 Å². The summed E-state index contributed by atoms with van der Waals surface area (Å²) in [5.41, 5.74) is 0. The molecule has 6 nitrogen and oxygen atoms in total. The predicted octanol–water partition coefficient (Wildman–Crippen LogP) is 1.48. The smallest absolute Gasteiger partial charge is 0.274 e. The van der Waals surface area contributed by atoms with Crippen molar-refractivity contribution in [3.05, 3.63) is 5.01 Å². The monoisotopic (exact) mass is 291 g/mol. The number of unbranched alkanes of at least 4 members (excludes halogenated alkanes) is 1. The molecular formula is C10H17N3O3S2. The molecule has 1 rings (SSSR count). The number of amides is 1. The van der Waals surface area contributed by atoms with Gasteiger partial charge in [-0.25, -0.2) is 4.72 Å². The molecule has 0 fully saturated rings. The molecule has 102 valence electrons. The van der Waals surface area contributed by atoms with Crippen molar-refractivity contribution in [2.75, 3.05) is 0 Å². The van der Waals surface area contributed by atoms with Crippen LogP contribution >= 0.6 is 11.3 Å². The van der Waals surface area contributed by atoms with Crippen LogP contribution in [0.1, 0.15) is 38.1 Å². The Morgan fingerprint density at radius 2 is 2.11 bits per heavy atom. The highest BCUT2D eigenvalue weighted by Gasteiger charge is 2.24. The molecule has 0 bridgehead atoms. The largest absolute Gasteiger partial charge is 0.293 e. The first-order valence-electron chi connectivity index (χ1n) is 5.73. The highest BCUT2D eigenvalue weighted by Crippen LogP contribution is 2.15. The molecule has 0 aliphatic heterocycles. The molecule has 0 aliphatic rings. The molecule has 0 aliphatic carbocycles. The molecule has 1 aromatic heterocycles. The number of aromatic nitrogens is 2. The Balaban J connectivity index is 2.69. The maximum atomic E-state index is 11.8. The van der Waals surface area contributed by atoms with Crippen molar-refractivity contribution in [1.29, 1.82) is 0 Å².